The van der Waals surface area contributed by atoms with Crippen LogP contribution in [-0.4, -0.2) is 35.1 Å². The number of rotatable bonds is 4. The van der Waals surface area contributed by atoms with Gasteiger partial charge in [-0.2, -0.15) is 0 Å². The van der Waals surface area contributed by atoms with Crippen LogP contribution in [0, 0.1) is 5.82 Å². The Labute approximate surface area is 112 Å². The van der Waals surface area contributed by atoms with Crippen LogP contribution in [0.3, 0.4) is 0 Å². The Bertz CT molecular complexity index is 447. The van der Waals surface area contributed by atoms with Gasteiger partial charge in [0.1, 0.15) is 12.4 Å². The first-order chi connectivity index (χ1) is 8.45. The summed E-state index contributed by atoms with van der Waals surface area (Å²) in [6, 6.07) is 3.61. The number of carboxylic acids is 1. The summed E-state index contributed by atoms with van der Waals surface area (Å²) in [6.45, 7) is 1.41. The van der Waals surface area contributed by atoms with Crippen molar-refractivity contribution < 1.29 is 19.1 Å². The highest BCUT2D eigenvalue weighted by molar-refractivity contribution is 9.10. The van der Waals surface area contributed by atoms with Crippen molar-refractivity contribution in [3.8, 4) is 0 Å². The van der Waals surface area contributed by atoms with Crippen LogP contribution < -0.4 is 5.32 Å². The van der Waals surface area contributed by atoms with Gasteiger partial charge in [0, 0.05) is 11.0 Å². The molecular formula is C11H12BrFN2O3. The molecule has 18 heavy (non-hydrogen) atoms. The first kappa shape index (κ1) is 14.4. The molecule has 5 nitrogen and oxygen atoms in total. The maximum atomic E-state index is 13.5. The topological polar surface area (TPSA) is 69.6 Å². The molecule has 0 bridgehead atoms. The number of carbonyl (C=O) groups excluding carboxylic acids is 1. The number of amides is 2. The minimum Gasteiger partial charge on any atom is -0.480 e. The number of hydrogen-bond acceptors (Lipinski definition) is 2. The van der Waals surface area contributed by atoms with E-state index in [0.29, 0.717) is 4.47 Å². The number of urea groups is 1. The van der Waals surface area contributed by atoms with Gasteiger partial charge in [0.2, 0.25) is 0 Å². The Balaban J connectivity index is 2.83. The second-order valence-electron chi connectivity index (χ2n) is 3.43. The van der Waals surface area contributed by atoms with Crippen LogP contribution in [-0.2, 0) is 4.79 Å². The summed E-state index contributed by atoms with van der Waals surface area (Å²) >= 11 is 3.11. The van der Waals surface area contributed by atoms with Gasteiger partial charge < -0.3 is 15.3 Å². The summed E-state index contributed by atoms with van der Waals surface area (Å²) in [7, 11) is 0. The number of nitrogens with one attached hydrogen (secondary N) is 1. The molecule has 0 aliphatic heterocycles. The van der Waals surface area contributed by atoms with Crippen molar-refractivity contribution in [1.29, 1.82) is 0 Å². The maximum absolute atomic E-state index is 13.5. The van der Waals surface area contributed by atoms with Gasteiger partial charge in [-0.15, -0.1) is 0 Å². The quantitative estimate of drug-likeness (QED) is 0.896. The molecule has 98 valence electrons. The number of likely N-dealkylation sites (N-methyl/N-ethyl adjacent to an activating group) is 1. The van der Waals surface area contributed by atoms with Crippen molar-refractivity contribution in [3.05, 3.63) is 28.5 Å². The van der Waals surface area contributed by atoms with E-state index in [1.807, 2.05) is 0 Å². The van der Waals surface area contributed by atoms with Crippen LogP contribution in [0.2, 0.25) is 0 Å². The normalized spacial score (nSPS) is 9.94. The number of nitrogens with zero attached hydrogens (tertiary/aromatic N) is 1. The Morgan fingerprint density at radius 1 is 1.50 bits per heavy atom. The van der Waals surface area contributed by atoms with Gasteiger partial charge in [0.05, 0.1) is 5.69 Å². The molecule has 0 unspecified atom stereocenters. The monoisotopic (exact) mass is 318 g/mol. The van der Waals surface area contributed by atoms with Crippen LogP contribution in [0.1, 0.15) is 6.92 Å². The molecule has 0 spiro atoms. The lowest BCUT2D eigenvalue weighted by Gasteiger charge is -2.19. The summed E-state index contributed by atoms with van der Waals surface area (Å²) in [5.41, 5.74) is -0.00802. The lowest BCUT2D eigenvalue weighted by molar-refractivity contribution is -0.137. The highest BCUT2D eigenvalue weighted by atomic mass is 79.9. The number of aliphatic carboxylic acids is 1. The van der Waals surface area contributed by atoms with Gasteiger partial charge in [-0.3, -0.25) is 4.79 Å². The molecule has 0 fully saturated rings. The molecule has 2 amide bonds. The first-order valence-electron chi connectivity index (χ1n) is 5.17. The maximum Gasteiger partial charge on any atom is 0.323 e. The van der Waals surface area contributed by atoms with Gasteiger partial charge in [-0.05, 0) is 35.0 Å². The molecule has 0 aromatic heterocycles. The highest BCUT2D eigenvalue weighted by Gasteiger charge is 2.17. The van der Waals surface area contributed by atoms with Crippen LogP contribution in [0.15, 0.2) is 22.7 Å². The summed E-state index contributed by atoms with van der Waals surface area (Å²) in [4.78, 5) is 23.4. The largest absolute Gasteiger partial charge is 0.480 e. The Morgan fingerprint density at radius 3 is 2.67 bits per heavy atom. The fraction of sp³-hybridized carbons (Fsp3) is 0.273. The van der Waals surface area contributed by atoms with Gasteiger partial charge in [0.25, 0.3) is 0 Å². The van der Waals surface area contributed by atoms with E-state index in [1.165, 1.54) is 12.1 Å². The number of para-hydroxylation sites is 1. The summed E-state index contributed by atoms with van der Waals surface area (Å²) in [5, 5.41) is 11.0. The van der Waals surface area contributed by atoms with Gasteiger partial charge >= 0.3 is 12.0 Å². The van der Waals surface area contributed by atoms with Crippen LogP contribution >= 0.6 is 15.9 Å². The van der Waals surface area contributed by atoms with Crippen LogP contribution in [0.25, 0.3) is 0 Å². The lowest BCUT2D eigenvalue weighted by atomic mass is 10.3. The lowest BCUT2D eigenvalue weighted by Crippen LogP contribution is -2.38. The number of halogens is 2. The van der Waals surface area contributed by atoms with Crippen molar-refractivity contribution in [2.75, 3.05) is 18.4 Å². The van der Waals surface area contributed by atoms with E-state index in [0.717, 1.165) is 4.90 Å². The highest BCUT2D eigenvalue weighted by Crippen LogP contribution is 2.25. The van der Waals surface area contributed by atoms with E-state index in [9.17, 15) is 14.0 Å². The SMILES string of the molecule is CCN(CC(=O)O)C(=O)Nc1c(F)cccc1Br. The zero-order valence-corrected chi connectivity index (χ0v) is 11.2. The van der Waals surface area contributed by atoms with E-state index in [-0.39, 0.29) is 12.2 Å². The average Bonchev–Trinajstić information content (AvgIpc) is 2.30. The minimum absolute atomic E-state index is 0.00802. The third-order valence-corrected chi connectivity index (χ3v) is 2.85. The van der Waals surface area contributed by atoms with E-state index in [2.05, 4.69) is 21.2 Å². The minimum atomic E-state index is -1.13. The summed E-state index contributed by atoms with van der Waals surface area (Å²) in [5.74, 6) is -1.72. The molecule has 0 atom stereocenters. The second kappa shape index (κ2) is 6.34. The van der Waals surface area contributed by atoms with Gasteiger partial charge in [-0.1, -0.05) is 6.07 Å². The first-order valence-corrected chi connectivity index (χ1v) is 5.96. The van der Waals surface area contributed by atoms with E-state index >= 15 is 0 Å². The fourth-order valence-electron chi connectivity index (χ4n) is 1.29. The third-order valence-electron chi connectivity index (χ3n) is 2.19. The molecule has 0 radical (unpaired) electrons. The molecule has 1 aromatic rings. The number of benzene rings is 1. The molecule has 7 heteroatoms. The van der Waals surface area contributed by atoms with E-state index < -0.39 is 24.4 Å². The molecule has 1 aromatic carbocycles. The van der Waals surface area contributed by atoms with Crippen molar-refractivity contribution in [1.82, 2.24) is 4.90 Å². The van der Waals surface area contributed by atoms with Crippen molar-refractivity contribution in [2.24, 2.45) is 0 Å². The number of hydrogen-bond donors (Lipinski definition) is 2. The number of carboxylic acid groups (broad SMARTS) is 1. The molecule has 0 aliphatic rings. The van der Waals surface area contributed by atoms with Gasteiger partial charge in [-0.25, -0.2) is 9.18 Å². The molecule has 0 saturated carbocycles. The van der Waals surface area contributed by atoms with Crippen molar-refractivity contribution in [2.45, 2.75) is 6.92 Å². The van der Waals surface area contributed by atoms with E-state index in [1.54, 1.807) is 13.0 Å². The average molecular weight is 319 g/mol. The Kier molecular flexibility index (Phi) is 5.08. The van der Waals surface area contributed by atoms with E-state index in [4.69, 9.17) is 5.11 Å². The van der Waals surface area contributed by atoms with Gasteiger partial charge in [0.15, 0.2) is 0 Å². The van der Waals surface area contributed by atoms with Crippen molar-refractivity contribution >= 4 is 33.6 Å². The second-order valence-corrected chi connectivity index (χ2v) is 4.29. The number of anilines is 1. The predicted molar refractivity (Wildman–Crippen MR) is 68.0 cm³/mol. The van der Waals surface area contributed by atoms with Crippen molar-refractivity contribution in [3.63, 3.8) is 0 Å². The zero-order valence-electron chi connectivity index (χ0n) is 9.61. The number of carbonyl (C=O) groups is 2. The third kappa shape index (κ3) is 3.69. The smallest absolute Gasteiger partial charge is 0.323 e. The molecular weight excluding hydrogens is 307 g/mol. The summed E-state index contributed by atoms with van der Waals surface area (Å²) < 4.78 is 13.9. The fourth-order valence-corrected chi connectivity index (χ4v) is 1.73. The van der Waals surface area contributed by atoms with Crippen LogP contribution in [0.5, 0.6) is 0 Å². The molecule has 0 aliphatic carbocycles. The Hall–Kier alpha value is -1.63. The van der Waals surface area contributed by atoms with Crippen LogP contribution in [0.4, 0.5) is 14.9 Å². The zero-order chi connectivity index (χ0) is 13.7. The standard InChI is InChI=1S/C11H12BrFN2O3/c1-2-15(6-9(16)17)11(18)14-10-7(12)4-3-5-8(10)13/h3-5H,2,6H2,1H3,(H,14,18)(H,16,17). The molecule has 1 rings (SSSR count). The molecule has 2 N–H and O–H groups in total. The predicted octanol–water partition coefficient (Wildman–Crippen LogP) is 2.53. The summed E-state index contributed by atoms with van der Waals surface area (Å²) in [6.07, 6.45) is 0. The molecule has 0 heterocycles. The Morgan fingerprint density at radius 2 is 2.17 bits per heavy atom. The molecule has 0 saturated heterocycles.